The Morgan fingerprint density at radius 3 is 2.48 bits per heavy atom. The highest BCUT2D eigenvalue weighted by molar-refractivity contribution is 7.22. The summed E-state index contributed by atoms with van der Waals surface area (Å²) >= 11 is 7.58. The summed E-state index contributed by atoms with van der Waals surface area (Å²) in [6, 6.07) is 11.4. The lowest BCUT2D eigenvalue weighted by atomic mass is 10.2. The molecule has 1 heterocycles. The molecule has 0 fully saturated rings. The van der Waals surface area contributed by atoms with Gasteiger partial charge in [0, 0.05) is 29.4 Å². The fraction of sp³-hybridized carbons (Fsp3) is 0.263. The van der Waals surface area contributed by atoms with E-state index in [1.54, 1.807) is 0 Å². The summed E-state index contributed by atoms with van der Waals surface area (Å²) in [5.74, 6) is -0.158. The van der Waals surface area contributed by atoms with Crippen molar-refractivity contribution in [2.75, 3.05) is 23.3 Å². The smallest absolute Gasteiger partial charge is 0.257 e. The van der Waals surface area contributed by atoms with Crippen molar-refractivity contribution in [2.24, 2.45) is 0 Å². The minimum Gasteiger partial charge on any atom is -0.372 e. The predicted octanol–water partition coefficient (Wildman–Crippen LogP) is 5.36. The molecule has 0 bridgehead atoms. The zero-order valence-electron chi connectivity index (χ0n) is 14.5. The number of aromatic nitrogens is 1. The molecule has 2 aromatic carbocycles. The Morgan fingerprint density at radius 2 is 1.84 bits per heavy atom. The molecule has 0 aliphatic carbocycles. The number of halogens is 1. The van der Waals surface area contributed by atoms with Crippen LogP contribution in [0.25, 0.3) is 10.2 Å². The topological polar surface area (TPSA) is 45.2 Å². The van der Waals surface area contributed by atoms with Crippen LogP contribution in [-0.4, -0.2) is 24.0 Å². The number of hydrogen-bond donors (Lipinski definition) is 1. The number of carbonyl (C=O) groups is 1. The van der Waals surface area contributed by atoms with E-state index < -0.39 is 0 Å². The van der Waals surface area contributed by atoms with Crippen LogP contribution in [0.4, 0.5) is 10.8 Å². The monoisotopic (exact) mass is 373 g/mol. The number of fused-ring (bicyclic) bond motifs is 1. The number of benzene rings is 2. The summed E-state index contributed by atoms with van der Waals surface area (Å²) in [4.78, 5) is 19.2. The van der Waals surface area contributed by atoms with Crippen LogP contribution in [0.1, 0.15) is 29.8 Å². The van der Waals surface area contributed by atoms with Gasteiger partial charge in [-0.1, -0.05) is 22.9 Å². The standard InChI is InChI=1S/C19H20ClN3OS/c1-4-23(5-2)14-8-6-13(7-9-14)18(24)22-19-21-17-12(3)15(20)10-11-16(17)25-19/h6-11H,4-5H2,1-3H3,(H,21,22,24). The lowest BCUT2D eigenvalue weighted by Crippen LogP contribution is -2.21. The number of nitrogens with one attached hydrogen (secondary N) is 1. The first kappa shape index (κ1) is 17.7. The van der Waals surface area contributed by atoms with Gasteiger partial charge < -0.3 is 4.90 Å². The summed E-state index contributed by atoms with van der Waals surface area (Å²) in [7, 11) is 0. The van der Waals surface area contributed by atoms with Crippen molar-refractivity contribution in [1.82, 2.24) is 4.98 Å². The maximum absolute atomic E-state index is 12.5. The Labute approximate surface area is 156 Å². The largest absolute Gasteiger partial charge is 0.372 e. The predicted molar refractivity (Wildman–Crippen MR) is 107 cm³/mol. The third-order valence-electron chi connectivity index (χ3n) is 4.23. The molecule has 0 aliphatic rings. The van der Waals surface area contributed by atoms with Gasteiger partial charge in [0.05, 0.1) is 10.2 Å². The van der Waals surface area contributed by atoms with E-state index in [0.717, 1.165) is 34.6 Å². The maximum Gasteiger partial charge on any atom is 0.257 e. The molecule has 1 N–H and O–H groups in total. The molecule has 3 aromatic rings. The molecule has 4 nitrogen and oxygen atoms in total. The first-order valence-corrected chi connectivity index (χ1v) is 9.45. The normalized spacial score (nSPS) is 10.9. The highest BCUT2D eigenvalue weighted by Crippen LogP contribution is 2.31. The van der Waals surface area contributed by atoms with Crippen LogP contribution in [0.3, 0.4) is 0 Å². The van der Waals surface area contributed by atoms with Gasteiger partial charge in [-0.05, 0) is 62.7 Å². The summed E-state index contributed by atoms with van der Waals surface area (Å²) in [6.07, 6.45) is 0. The van der Waals surface area contributed by atoms with Crippen LogP contribution in [-0.2, 0) is 0 Å². The van der Waals surface area contributed by atoms with Crippen molar-refractivity contribution < 1.29 is 4.79 Å². The third kappa shape index (κ3) is 3.62. The van der Waals surface area contributed by atoms with Gasteiger partial charge in [-0.15, -0.1) is 0 Å². The Bertz CT molecular complexity index is 901. The van der Waals surface area contributed by atoms with E-state index in [4.69, 9.17) is 11.6 Å². The van der Waals surface area contributed by atoms with Gasteiger partial charge in [-0.25, -0.2) is 4.98 Å². The Hall–Kier alpha value is -2.11. The second kappa shape index (κ2) is 7.42. The molecule has 3 rings (SSSR count). The van der Waals surface area contributed by atoms with Crippen molar-refractivity contribution in [3.8, 4) is 0 Å². The van der Waals surface area contributed by atoms with Gasteiger partial charge in [0.15, 0.2) is 5.13 Å². The summed E-state index contributed by atoms with van der Waals surface area (Å²) in [5, 5.41) is 4.15. The van der Waals surface area contributed by atoms with Gasteiger partial charge in [0.1, 0.15) is 0 Å². The van der Waals surface area contributed by atoms with Crippen molar-refractivity contribution in [2.45, 2.75) is 20.8 Å². The average Bonchev–Trinajstić information content (AvgIpc) is 3.03. The third-order valence-corrected chi connectivity index (χ3v) is 5.57. The molecule has 0 saturated carbocycles. The maximum atomic E-state index is 12.5. The number of hydrogen-bond acceptors (Lipinski definition) is 4. The van der Waals surface area contributed by atoms with Crippen LogP contribution in [0, 0.1) is 6.92 Å². The Morgan fingerprint density at radius 1 is 1.16 bits per heavy atom. The molecule has 0 spiro atoms. The lowest BCUT2D eigenvalue weighted by molar-refractivity contribution is 0.102. The van der Waals surface area contributed by atoms with Crippen LogP contribution in [0.5, 0.6) is 0 Å². The summed E-state index contributed by atoms with van der Waals surface area (Å²) in [6.45, 7) is 8.05. The van der Waals surface area contributed by atoms with Crippen LogP contribution in [0.2, 0.25) is 5.02 Å². The highest BCUT2D eigenvalue weighted by Gasteiger charge is 2.12. The fourth-order valence-electron chi connectivity index (χ4n) is 2.74. The Balaban J connectivity index is 1.79. The molecule has 6 heteroatoms. The van der Waals surface area contributed by atoms with E-state index in [2.05, 4.69) is 29.0 Å². The van der Waals surface area contributed by atoms with E-state index in [-0.39, 0.29) is 5.91 Å². The van der Waals surface area contributed by atoms with Crippen molar-refractivity contribution >= 4 is 49.9 Å². The van der Waals surface area contributed by atoms with E-state index in [1.807, 2.05) is 43.3 Å². The molecule has 130 valence electrons. The fourth-order valence-corrected chi connectivity index (χ4v) is 3.81. The van der Waals surface area contributed by atoms with E-state index in [9.17, 15) is 4.79 Å². The first-order chi connectivity index (χ1) is 12.0. The average molecular weight is 374 g/mol. The number of thiazole rings is 1. The van der Waals surface area contributed by atoms with Gasteiger partial charge in [0.2, 0.25) is 0 Å². The quantitative estimate of drug-likeness (QED) is 0.655. The van der Waals surface area contributed by atoms with E-state index in [1.165, 1.54) is 11.3 Å². The molecule has 0 saturated heterocycles. The van der Waals surface area contributed by atoms with Crippen molar-refractivity contribution in [3.05, 3.63) is 52.5 Å². The zero-order valence-corrected chi connectivity index (χ0v) is 16.0. The highest BCUT2D eigenvalue weighted by atomic mass is 35.5. The summed E-state index contributed by atoms with van der Waals surface area (Å²) < 4.78 is 1.01. The van der Waals surface area contributed by atoms with E-state index >= 15 is 0 Å². The molecule has 0 unspecified atom stereocenters. The number of carbonyl (C=O) groups excluding carboxylic acids is 1. The lowest BCUT2D eigenvalue weighted by Gasteiger charge is -2.20. The van der Waals surface area contributed by atoms with Gasteiger partial charge in [-0.3, -0.25) is 10.1 Å². The molecule has 0 aliphatic heterocycles. The second-order valence-electron chi connectivity index (χ2n) is 5.71. The molecule has 25 heavy (non-hydrogen) atoms. The molecule has 1 amide bonds. The van der Waals surface area contributed by atoms with Gasteiger partial charge in [0.25, 0.3) is 5.91 Å². The Kier molecular flexibility index (Phi) is 5.25. The molecule has 1 aromatic heterocycles. The van der Waals surface area contributed by atoms with Crippen LogP contribution in [0.15, 0.2) is 36.4 Å². The number of rotatable bonds is 5. The number of amides is 1. The first-order valence-electron chi connectivity index (χ1n) is 8.25. The SMILES string of the molecule is CCN(CC)c1ccc(C(=O)Nc2nc3c(C)c(Cl)ccc3s2)cc1. The second-order valence-corrected chi connectivity index (χ2v) is 7.15. The zero-order chi connectivity index (χ0) is 18.0. The van der Waals surface area contributed by atoms with Gasteiger partial charge >= 0.3 is 0 Å². The van der Waals surface area contributed by atoms with E-state index in [0.29, 0.717) is 15.7 Å². The van der Waals surface area contributed by atoms with Crippen molar-refractivity contribution in [3.63, 3.8) is 0 Å². The molecular formula is C19H20ClN3OS. The number of aryl methyl sites for hydroxylation is 1. The van der Waals surface area contributed by atoms with Crippen LogP contribution < -0.4 is 10.2 Å². The van der Waals surface area contributed by atoms with Gasteiger partial charge in [-0.2, -0.15) is 0 Å². The minimum absolute atomic E-state index is 0.158. The summed E-state index contributed by atoms with van der Waals surface area (Å²) in [5.41, 5.74) is 3.50. The van der Waals surface area contributed by atoms with Crippen molar-refractivity contribution in [1.29, 1.82) is 0 Å². The van der Waals surface area contributed by atoms with Crippen LogP contribution >= 0.6 is 22.9 Å². The molecule has 0 radical (unpaired) electrons. The molecular weight excluding hydrogens is 354 g/mol. The minimum atomic E-state index is -0.158. The number of anilines is 2. The molecule has 0 atom stereocenters. The number of nitrogens with zero attached hydrogens (tertiary/aromatic N) is 2.